The normalized spacial score (nSPS) is 17.9. The first-order valence-corrected chi connectivity index (χ1v) is 6.46. The van der Waals surface area contributed by atoms with Crippen LogP contribution in [0.15, 0.2) is 0 Å². The van der Waals surface area contributed by atoms with Crippen molar-refractivity contribution in [2.75, 3.05) is 13.1 Å². The summed E-state index contributed by atoms with van der Waals surface area (Å²) in [5.41, 5.74) is 4.10. The van der Waals surface area contributed by atoms with Crippen LogP contribution in [-0.2, 0) is 13.0 Å². The zero-order valence-electron chi connectivity index (χ0n) is 10.7. The zero-order chi connectivity index (χ0) is 11.5. The molecule has 1 aromatic heterocycles. The summed E-state index contributed by atoms with van der Waals surface area (Å²) in [6, 6.07) is 0. The van der Waals surface area contributed by atoms with E-state index in [4.69, 9.17) is 0 Å². The first-order valence-electron chi connectivity index (χ1n) is 6.46. The van der Waals surface area contributed by atoms with E-state index < -0.39 is 0 Å². The molecule has 1 aromatic rings. The maximum absolute atomic E-state index is 4.60. The highest BCUT2D eigenvalue weighted by Crippen LogP contribution is 2.22. The molecule has 1 aliphatic heterocycles. The number of piperidine rings is 1. The number of hydrogen-bond acceptors (Lipinski definition) is 2. The quantitative estimate of drug-likeness (QED) is 0.846. The Morgan fingerprint density at radius 2 is 2.00 bits per heavy atom. The van der Waals surface area contributed by atoms with E-state index in [1.165, 1.54) is 49.3 Å². The molecule has 16 heavy (non-hydrogen) atoms. The van der Waals surface area contributed by atoms with Crippen molar-refractivity contribution in [2.24, 2.45) is 5.92 Å². The first kappa shape index (κ1) is 11.6. The Labute approximate surface area is 98.2 Å². The molecule has 0 aromatic carbocycles. The largest absolute Gasteiger partial charge is 0.317 e. The highest BCUT2D eigenvalue weighted by Gasteiger charge is 2.18. The molecule has 0 unspecified atom stereocenters. The molecular formula is C13H23N3. The van der Waals surface area contributed by atoms with Gasteiger partial charge in [-0.15, -0.1) is 0 Å². The molecule has 2 heterocycles. The van der Waals surface area contributed by atoms with Crippen molar-refractivity contribution in [3.63, 3.8) is 0 Å². The molecule has 0 radical (unpaired) electrons. The molecule has 1 N–H and O–H groups in total. The fourth-order valence-corrected chi connectivity index (χ4v) is 2.71. The van der Waals surface area contributed by atoms with Crippen LogP contribution in [0.3, 0.4) is 0 Å². The number of hydrogen-bond donors (Lipinski definition) is 1. The van der Waals surface area contributed by atoms with Gasteiger partial charge in [-0.2, -0.15) is 5.10 Å². The van der Waals surface area contributed by atoms with E-state index in [0.717, 1.165) is 12.5 Å². The molecule has 0 atom stereocenters. The van der Waals surface area contributed by atoms with Gasteiger partial charge in [0.1, 0.15) is 0 Å². The Morgan fingerprint density at radius 1 is 1.31 bits per heavy atom. The van der Waals surface area contributed by atoms with Crippen molar-refractivity contribution in [1.82, 2.24) is 15.1 Å². The van der Waals surface area contributed by atoms with Crippen LogP contribution in [0.2, 0.25) is 0 Å². The lowest BCUT2D eigenvalue weighted by Gasteiger charge is -2.22. The molecule has 90 valence electrons. The molecule has 0 spiro atoms. The molecule has 0 amide bonds. The SMILES string of the molecule is CCn1nc(C)c(CC2CCNCC2)c1C. The average molecular weight is 221 g/mol. The summed E-state index contributed by atoms with van der Waals surface area (Å²) in [4.78, 5) is 0. The van der Waals surface area contributed by atoms with Crippen LogP contribution in [0.25, 0.3) is 0 Å². The van der Waals surface area contributed by atoms with Gasteiger partial charge >= 0.3 is 0 Å². The summed E-state index contributed by atoms with van der Waals surface area (Å²) >= 11 is 0. The second-order valence-corrected chi connectivity index (χ2v) is 4.86. The third-order valence-corrected chi connectivity index (χ3v) is 3.78. The maximum Gasteiger partial charge on any atom is 0.0628 e. The van der Waals surface area contributed by atoms with Crippen molar-refractivity contribution in [1.29, 1.82) is 0 Å². The van der Waals surface area contributed by atoms with E-state index in [-0.39, 0.29) is 0 Å². The van der Waals surface area contributed by atoms with E-state index in [9.17, 15) is 0 Å². The van der Waals surface area contributed by atoms with E-state index in [2.05, 4.69) is 35.9 Å². The van der Waals surface area contributed by atoms with Crippen LogP contribution in [0.4, 0.5) is 0 Å². The third-order valence-electron chi connectivity index (χ3n) is 3.78. The summed E-state index contributed by atoms with van der Waals surface area (Å²) in [6.07, 6.45) is 3.85. The number of aromatic nitrogens is 2. The van der Waals surface area contributed by atoms with Crippen molar-refractivity contribution in [3.05, 3.63) is 17.0 Å². The first-order chi connectivity index (χ1) is 7.72. The van der Waals surface area contributed by atoms with Crippen LogP contribution in [0.5, 0.6) is 0 Å². The lowest BCUT2D eigenvalue weighted by atomic mass is 9.90. The predicted molar refractivity (Wildman–Crippen MR) is 66.7 cm³/mol. The molecule has 2 rings (SSSR count). The summed E-state index contributed by atoms with van der Waals surface area (Å²) in [7, 11) is 0. The van der Waals surface area contributed by atoms with Crippen molar-refractivity contribution < 1.29 is 0 Å². The molecule has 1 fully saturated rings. The molecule has 3 nitrogen and oxygen atoms in total. The van der Waals surface area contributed by atoms with Crippen LogP contribution >= 0.6 is 0 Å². The Hall–Kier alpha value is -0.830. The lowest BCUT2D eigenvalue weighted by molar-refractivity contribution is 0.371. The van der Waals surface area contributed by atoms with Gasteiger partial charge in [0.25, 0.3) is 0 Å². The van der Waals surface area contributed by atoms with Crippen molar-refractivity contribution >= 4 is 0 Å². The summed E-state index contributed by atoms with van der Waals surface area (Å²) < 4.78 is 2.13. The number of rotatable bonds is 3. The van der Waals surface area contributed by atoms with E-state index >= 15 is 0 Å². The Bertz CT molecular complexity index is 348. The van der Waals surface area contributed by atoms with Gasteiger partial charge in [-0.1, -0.05) is 0 Å². The zero-order valence-corrected chi connectivity index (χ0v) is 10.7. The fraction of sp³-hybridized carbons (Fsp3) is 0.769. The van der Waals surface area contributed by atoms with E-state index in [1.807, 2.05) is 0 Å². The van der Waals surface area contributed by atoms with Gasteiger partial charge in [0, 0.05) is 12.2 Å². The number of nitrogens with zero attached hydrogens (tertiary/aromatic N) is 2. The molecule has 0 bridgehead atoms. The molecule has 3 heteroatoms. The van der Waals surface area contributed by atoms with Crippen molar-refractivity contribution in [2.45, 2.75) is 46.6 Å². The van der Waals surface area contributed by atoms with Gasteiger partial charge < -0.3 is 5.32 Å². The third kappa shape index (κ3) is 2.29. The monoisotopic (exact) mass is 221 g/mol. The lowest BCUT2D eigenvalue weighted by Crippen LogP contribution is -2.28. The minimum absolute atomic E-state index is 0.855. The maximum atomic E-state index is 4.60. The summed E-state index contributed by atoms with van der Waals surface area (Å²) in [6.45, 7) is 9.87. The summed E-state index contributed by atoms with van der Waals surface area (Å²) in [5, 5.41) is 8.02. The van der Waals surface area contributed by atoms with Crippen LogP contribution in [0.1, 0.15) is 36.7 Å². The van der Waals surface area contributed by atoms with Gasteiger partial charge in [0.15, 0.2) is 0 Å². The van der Waals surface area contributed by atoms with E-state index in [1.54, 1.807) is 0 Å². The van der Waals surface area contributed by atoms with Crippen molar-refractivity contribution in [3.8, 4) is 0 Å². The van der Waals surface area contributed by atoms with Crippen LogP contribution in [-0.4, -0.2) is 22.9 Å². The fourth-order valence-electron chi connectivity index (χ4n) is 2.71. The van der Waals surface area contributed by atoms with Gasteiger partial charge in [-0.3, -0.25) is 4.68 Å². The van der Waals surface area contributed by atoms with E-state index in [0.29, 0.717) is 0 Å². The molecule has 1 saturated heterocycles. The molecular weight excluding hydrogens is 198 g/mol. The topological polar surface area (TPSA) is 29.9 Å². The van der Waals surface area contributed by atoms with Gasteiger partial charge in [0.05, 0.1) is 5.69 Å². The van der Waals surface area contributed by atoms with Gasteiger partial charge in [-0.05, 0) is 64.6 Å². The Kier molecular flexibility index (Phi) is 3.64. The smallest absolute Gasteiger partial charge is 0.0628 e. The highest BCUT2D eigenvalue weighted by molar-refractivity contribution is 5.25. The Balaban J connectivity index is 2.10. The van der Waals surface area contributed by atoms with Crippen LogP contribution in [0, 0.1) is 19.8 Å². The average Bonchev–Trinajstić information content (AvgIpc) is 2.58. The number of aryl methyl sites for hydroxylation is 2. The molecule has 1 aliphatic rings. The Morgan fingerprint density at radius 3 is 2.56 bits per heavy atom. The highest BCUT2D eigenvalue weighted by atomic mass is 15.3. The second kappa shape index (κ2) is 5.00. The predicted octanol–water partition coefficient (Wildman–Crippen LogP) is 2.06. The van der Waals surface area contributed by atoms with Crippen LogP contribution < -0.4 is 5.32 Å². The minimum atomic E-state index is 0.855. The van der Waals surface area contributed by atoms with Gasteiger partial charge in [-0.25, -0.2) is 0 Å². The number of nitrogens with one attached hydrogen (secondary N) is 1. The standard InChI is InChI=1S/C13H23N3/c1-4-16-11(3)13(10(2)15-16)9-12-5-7-14-8-6-12/h12,14H,4-9H2,1-3H3. The van der Waals surface area contributed by atoms with Gasteiger partial charge in [0.2, 0.25) is 0 Å². The molecule has 0 aliphatic carbocycles. The second-order valence-electron chi connectivity index (χ2n) is 4.86. The summed E-state index contributed by atoms with van der Waals surface area (Å²) in [5.74, 6) is 0.855. The molecule has 0 saturated carbocycles. The minimum Gasteiger partial charge on any atom is -0.317 e.